The maximum Gasteiger partial charge on any atom is 0.416 e. The molecular weight excluding hydrogens is 315 g/mol. The molecule has 0 saturated heterocycles. The Bertz CT molecular complexity index is 915. The van der Waals surface area contributed by atoms with Crippen LogP contribution in [0, 0.1) is 0 Å². The van der Waals surface area contributed by atoms with Gasteiger partial charge in [-0.3, -0.25) is 4.79 Å². The van der Waals surface area contributed by atoms with E-state index in [2.05, 4.69) is 4.98 Å². The Morgan fingerprint density at radius 2 is 1.67 bits per heavy atom. The van der Waals surface area contributed by atoms with Crippen molar-refractivity contribution in [1.29, 1.82) is 0 Å². The predicted molar refractivity (Wildman–Crippen MR) is 86.6 cm³/mol. The quantitative estimate of drug-likeness (QED) is 0.492. The van der Waals surface area contributed by atoms with Gasteiger partial charge in [0.05, 0.1) is 16.8 Å². The molecule has 0 aliphatic carbocycles. The van der Waals surface area contributed by atoms with Crippen molar-refractivity contribution in [3.63, 3.8) is 0 Å². The van der Waals surface area contributed by atoms with E-state index in [1.54, 1.807) is 36.4 Å². The number of aromatic nitrogens is 1. The van der Waals surface area contributed by atoms with E-state index < -0.39 is 11.7 Å². The van der Waals surface area contributed by atoms with Crippen LogP contribution in [0.15, 0.2) is 66.7 Å². The van der Waals surface area contributed by atoms with Crippen molar-refractivity contribution in [2.45, 2.75) is 6.18 Å². The second-order valence-corrected chi connectivity index (χ2v) is 5.20. The van der Waals surface area contributed by atoms with Crippen molar-refractivity contribution >= 4 is 22.8 Å². The van der Waals surface area contributed by atoms with Crippen LogP contribution in [0.5, 0.6) is 0 Å². The maximum atomic E-state index is 12.8. The summed E-state index contributed by atoms with van der Waals surface area (Å²) in [6, 6.07) is 15.5. The van der Waals surface area contributed by atoms with Crippen molar-refractivity contribution < 1.29 is 18.0 Å². The Morgan fingerprint density at radius 3 is 2.38 bits per heavy atom. The molecule has 0 bridgehead atoms. The van der Waals surface area contributed by atoms with Crippen LogP contribution in [-0.2, 0) is 6.18 Å². The maximum absolute atomic E-state index is 12.8. The van der Waals surface area contributed by atoms with Crippen LogP contribution in [0.2, 0.25) is 0 Å². The van der Waals surface area contributed by atoms with Crippen LogP contribution in [-0.4, -0.2) is 10.8 Å². The number of alkyl halides is 3. The molecule has 0 aliphatic heterocycles. The molecule has 0 atom stereocenters. The lowest BCUT2D eigenvalue weighted by molar-refractivity contribution is -0.137. The molecule has 0 saturated carbocycles. The number of carbonyl (C=O) groups is 1. The molecule has 3 rings (SSSR count). The summed E-state index contributed by atoms with van der Waals surface area (Å²) in [6.07, 6.45) is -1.56. The van der Waals surface area contributed by atoms with Gasteiger partial charge in [0.25, 0.3) is 0 Å². The molecule has 1 heterocycles. The summed E-state index contributed by atoms with van der Waals surface area (Å²) < 4.78 is 38.3. The molecule has 1 aromatic heterocycles. The number of nitrogens with zero attached hydrogens (tertiary/aromatic N) is 1. The second kappa shape index (κ2) is 6.28. The number of rotatable bonds is 3. The largest absolute Gasteiger partial charge is 0.416 e. The first kappa shape index (κ1) is 15.9. The third-order valence-corrected chi connectivity index (χ3v) is 3.50. The average molecular weight is 327 g/mol. The van der Waals surface area contributed by atoms with Gasteiger partial charge in [-0.25, -0.2) is 4.98 Å². The van der Waals surface area contributed by atoms with E-state index >= 15 is 0 Å². The number of hydrogen-bond donors (Lipinski definition) is 0. The number of benzene rings is 2. The lowest BCUT2D eigenvalue weighted by atomic mass is 10.1. The normalized spacial score (nSPS) is 12.0. The predicted octanol–water partition coefficient (Wildman–Crippen LogP) is 5.15. The second-order valence-electron chi connectivity index (χ2n) is 5.20. The topological polar surface area (TPSA) is 30.0 Å². The van der Waals surface area contributed by atoms with Gasteiger partial charge in [-0.15, -0.1) is 0 Å². The number of fused-ring (bicyclic) bond motifs is 1. The van der Waals surface area contributed by atoms with Gasteiger partial charge in [-0.2, -0.15) is 13.2 Å². The van der Waals surface area contributed by atoms with Crippen molar-refractivity contribution in [1.82, 2.24) is 4.98 Å². The monoisotopic (exact) mass is 327 g/mol. The van der Waals surface area contributed by atoms with Gasteiger partial charge in [0.15, 0.2) is 5.78 Å². The molecule has 0 radical (unpaired) electrons. The first-order valence-electron chi connectivity index (χ1n) is 7.19. The number of pyridine rings is 1. The minimum absolute atomic E-state index is 0.193. The Balaban J connectivity index is 1.90. The molecule has 0 amide bonds. The number of hydrogen-bond acceptors (Lipinski definition) is 2. The third-order valence-electron chi connectivity index (χ3n) is 3.50. The first-order chi connectivity index (χ1) is 11.4. The molecule has 3 aromatic rings. The standard InChI is InChI=1S/C19H12F3NO/c20-19(21,22)15-8-6-13-7-9-16(23-17(13)12-15)10-11-18(24)14-4-2-1-3-5-14/h1-12H/b11-10+. The summed E-state index contributed by atoms with van der Waals surface area (Å²) in [6.45, 7) is 0. The SMILES string of the molecule is O=C(/C=C/c1ccc2ccc(C(F)(F)F)cc2n1)c1ccccc1. The Hall–Kier alpha value is -2.95. The third kappa shape index (κ3) is 3.51. The molecule has 2 nitrogen and oxygen atoms in total. The smallest absolute Gasteiger partial charge is 0.289 e. The zero-order valence-corrected chi connectivity index (χ0v) is 12.4. The highest BCUT2D eigenvalue weighted by Gasteiger charge is 2.30. The highest BCUT2D eigenvalue weighted by Crippen LogP contribution is 2.31. The summed E-state index contributed by atoms with van der Waals surface area (Å²) in [5.74, 6) is -0.193. The number of allylic oxidation sites excluding steroid dienone is 1. The molecule has 120 valence electrons. The lowest BCUT2D eigenvalue weighted by Crippen LogP contribution is -2.04. The van der Waals surface area contributed by atoms with Crippen LogP contribution in [0.25, 0.3) is 17.0 Å². The zero-order chi connectivity index (χ0) is 17.2. The van der Waals surface area contributed by atoms with Crippen LogP contribution in [0.4, 0.5) is 13.2 Å². The molecule has 0 aliphatic rings. The molecule has 0 spiro atoms. The first-order valence-corrected chi connectivity index (χ1v) is 7.19. The van der Waals surface area contributed by atoms with Crippen molar-refractivity contribution in [3.8, 4) is 0 Å². The van der Waals surface area contributed by atoms with E-state index in [0.29, 0.717) is 16.6 Å². The fourth-order valence-corrected chi connectivity index (χ4v) is 2.26. The van der Waals surface area contributed by atoms with Crippen LogP contribution >= 0.6 is 0 Å². The van der Waals surface area contributed by atoms with Gasteiger partial charge in [0.1, 0.15) is 0 Å². The van der Waals surface area contributed by atoms with E-state index in [9.17, 15) is 18.0 Å². The molecule has 24 heavy (non-hydrogen) atoms. The molecule has 2 aromatic carbocycles. The minimum Gasteiger partial charge on any atom is -0.289 e. The van der Waals surface area contributed by atoms with Gasteiger partial charge in [-0.05, 0) is 30.4 Å². The summed E-state index contributed by atoms with van der Waals surface area (Å²) in [7, 11) is 0. The Kier molecular flexibility index (Phi) is 4.16. The van der Waals surface area contributed by atoms with Gasteiger partial charge in [-0.1, -0.05) is 42.5 Å². The Morgan fingerprint density at radius 1 is 0.958 bits per heavy atom. The summed E-state index contributed by atoms with van der Waals surface area (Å²) in [5, 5.41) is 0.606. The average Bonchev–Trinajstić information content (AvgIpc) is 2.59. The van der Waals surface area contributed by atoms with E-state index in [1.165, 1.54) is 18.2 Å². The summed E-state index contributed by atoms with van der Waals surface area (Å²) in [5.41, 5.74) is 0.447. The number of carbonyl (C=O) groups excluding carboxylic acids is 1. The van der Waals surface area contributed by atoms with Gasteiger partial charge < -0.3 is 0 Å². The van der Waals surface area contributed by atoms with Crippen molar-refractivity contribution in [2.24, 2.45) is 0 Å². The summed E-state index contributed by atoms with van der Waals surface area (Å²) in [4.78, 5) is 16.2. The summed E-state index contributed by atoms with van der Waals surface area (Å²) >= 11 is 0. The number of halogens is 3. The molecule has 0 unspecified atom stereocenters. The fourth-order valence-electron chi connectivity index (χ4n) is 2.26. The molecule has 0 N–H and O–H groups in total. The minimum atomic E-state index is -4.41. The van der Waals surface area contributed by atoms with Crippen molar-refractivity contribution in [2.75, 3.05) is 0 Å². The van der Waals surface area contributed by atoms with E-state index in [0.717, 1.165) is 12.1 Å². The highest BCUT2D eigenvalue weighted by atomic mass is 19.4. The lowest BCUT2D eigenvalue weighted by Gasteiger charge is -2.07. The Labute approximate surface area is 136 Å². The van der Waals surface area contributed by atoms with E-state index in [1.807, 2.05) is 6.07 Å². The van der Waals surface area contributed by atoms with E-state index in [-0.39, 0.29) is 11.3 Å². The number of ketones is 1. The van der Waals surface area contributed by atoms with E-state index in [4.69, 9.17) is 0 Å². The van der Waals surface area contributed by atoms with Crippen LogP contribution in [0.3, 0.4) is 0 Å². The molecular formula is C19H12F3NO. The molecule has 0 fully saturated rings. The van der Waals surface area contributed by atoms with Gasteiger partial charge in [0.2, 0.25) is 0 Å². The van der Waals surface area contributed by atoms with Gasteiger partial charge in [0, 0.05) is 10.9 Å². The zero-order valence-electron chi connectivity index (χ0n) is 12.4. The van der Waals surface area contributed by atoms with Crippen LogP contribution < -0.4 is 0 Å². The van der Waals surface area contributed by atoms with Crippen LogP contribution in [0.1, 0.15) is 21.6 Å². The highest BCUT2D eigenvalue weighted by molar-refractivity contribution is 6.06. The van der Waals surface area contributed by atoms with Gasteiger partial charge >= 0.3 is 6.18 Å². The van der Waals surface area contributed by atoms with Crippen molar-refractivity contribution in [3.05, 3.63) is 83.6 Å². The molecule has 5 heteroatoms. The fraction of sp³-hybridized carbons (Fsp3) is 0.0526.